The first-order valence-corrected chi connectivity index (χ1v) is 7.65. The lowest BCUT2D eigenvalue weighted by Crippen LogP contribution is -2.40. The van der Waals surface area contributed by atoms with Crippen molar-refractivity contribution < 1.29 is 0 Å². The SMILES string of the molecule is CCCCC(C)NCC(CC)(CC)SC. The van der Waals surface area contributed by atoms with Crippen molar-refractivity contribution in [2.24, 2.45) is 0 Å². The Morgan fingerprint density at radius 1 is 1.20 bits per heavy atom. The van der Waals surface area contributed by atoms with Gasteiger partial charge in [-0.15, -0.1) is 0 Å². The normalized spacial score (nSPS) is 14.2. The van der Waals surface area contributed by atoms with Crippen LogP contribution in [-0.2, 0) is 0 Å². The van der Waals surface area contributed by atoms with E-state index in [2.05, 4.69) is 39.3 Å². The Balaban J connectivity index is 3.88. The Morgan fingerprint density at radius 3 is 2.20 bits per heavy atom. The van der Waals surface area contributed by atoms with Crippen LogP contribution >= 0.6 is 11.8 Å². The fourth-order valence-electron chi connectivity index (χ4n) is 1.83. The lowest BCUT2D eigenvalue weighted by atomic mass is 10.0. The molecule has 0 saturated carbocycles. The molecule has 0 spiro atoms. The van der Waals surface area contributed by atoms with E-state index in [1.165, 1.54) is 32.1 Å². The fraction of sp³-hybridized carbons (Fsp3) is 1.00. The van der Waals surface area contributed by atoms with Crippen molar-refractivity contribution in [2.75, 3.05) is 12.8 Å². The summed E-state index contributed by atoms with van der Waals surface area (Å²) in [5.41, 5.74) is 0. The van der Waals surface area contributed by atoms with Crippen molar-refractivity contribution in [1.29, 1.82) is 0 Å². The lowest BCUT2D eigenvalue weighted by Gasteiger charge is -2.31. The summed E-state index contributed by atoms with van der Waals surface area (Å²) in [7, 11) is 0. The van der Waals surface area contributed by atoms with Crippen molar-refractivity contribution in [2.45, 2.75) is 70.6 Å². The van der Waals surface area contributed by atoms with Gasteiger partial charge < -0.3 is 5.32 Å². The average Bonchev–Trinajstić information content (AvgIpc) is 2.29. The summed E-state index contributed by atoms with van der Waals surface area (Å²) in [6, 6.07) is 0.676. The number of hydrogen-bond acceptors (Lipinski definition) is 2. The molecule has 0 bridgehead atoms. The zero-order chi connectivity index (χ0) is 11.7. The van der Waals surface area contributed by atoms with Gasteiger partial charge in [0.15, 0.2) is 0 Å². The van der Waals surface area contributed by atoms with Gasteiger partial charge in [-0.1, -0.05) is 33.6 Å². The molecule has 1 nitrogen and oxygen atoms in total. The van der Waals surface area contributed by atoms with Gasteiger partial charge in [-0.05, 0) is 32.4 Å². The minimum Gasteiger partial charge on any atom is -0.313 e. The van der Waals surface area contributed by atoms with E-state index in [0.29, 0.717) is 10.8 Å². The first-order chi connectivity index (χ1) is 7.14. The third-order valence-corrected chi connectivity index (χ3v) is 5.07. The summed E-state index contributed by atoms with van der Waals surface area (Å²) >= 11 is 2.02. The van der Waals surface area contributed by atoms with E-state index in [1.54, 1.807) is 0 Å². The highest BCUT2D eigenvalue weighted by atomic mass is 32.2. The van der Waals surface area contributed by atoms with Crippen molar-refractivity contribution in [3.8, 4) is 0 Å². The summed E-state index contributed by atoms with van der Waals surface area (Å²) in [6.07, 6.45) is 8.73. The minimum absolute atomic E-state index is 0.459. The molecule has 0 rings (SSSR count). The van der Waals surface area contributed by atoms with Gasteiger partial charge in [0.25, 0.3) is 0 Å². The molecule has 1 unspecified atom stereocenters. The molecule has 0 amide bonds. The largest absolute Gasteiger partial charge is 0.313 e. The highest BCUT2D eigenvalue weighted by molar-refractivity contribution is 8.00. The molecular formula is C13H29NS. The smallest absolute Gasteiger partial charge is 0.0276 e. The highest BCUT2D eigenvalue weighted by Crippen LogP contribution is 2.29. The van der Waals surface area contributed by atoms with Gasteiger partial charge in [-0.2, -0.15) is 11.8 Å². The van der Waals surface area contributed by atoms with Crippen LogP contribution < -0.4 is 5.32 Å². The molecule has 1 N–H and O–H groups in total. The van der Waals surface area contributed by atoms with Crippen LogP contribution in [0.4, 0.5) is 0 Å². The molecule has 0 heterocycles. The first kappa shape index (κ1) is 15.3. The highest BCUT2D eigenvalue weighted by Gasteiger charge is 2.24. The maximum Gasteiger partial charge on any atom is 0.0276 e. The Kier molecular flexibility index (Phi) is 8.64. The van der Waals surface area contributed by atoms with E-state index >= 15 is 0 Å². The molecule has 15 heavy (non-hydrogen) atoms. The zero-order valence-electron chi connectivity index (χ0n) is 11.2. The molecule has 0 aromatic rings. The molecule has 0 aliphatic heterocycles. The molecule has 0 radical (unpaired) electrons. The predicted octanol–water partition coefficient (Wildman–Crippen LogP) is 4.08. The van der Waals surface area contributed by atoms with Gasteiger partial charge in [0.1, 0.15) is 0 Å². The molecule has 0 fully saturated rings. The topological polar surface area (TPSA) is 12.0 Å². The van der Waals surface area contributed by atoms with Crippen LogP contribution in [0.25, 0.3) is 0 Å². The Morgan fingerprint density at radius 2 is 1.80 bits per heavy atom. The van der Waals surface area contributed by atoms with Crippen LogP contribution in [0, 0.1) is 0 Å². The van der Waals surface area contributed by atoms with E-state index in [4.69, 9.17) is 0 Å². The molecule has 0 aromatic carbocycles. The second-order valence-electron chi connectivity index (χ2n) is 4.52. The maximum absolute atomic E-state index is 3.69. The van der Waals surface area contributed by atoms with Crippen LogP contribution in [-0.4, -0.2) is 23.6 Å². The van der Waals surface area contributed by atoms with Crippen molar-refractivity contribution in [3.05, 3.63) is 0 Å². The predicted molar refractivity (Wildman–Crippen MR) is 73.8 cm³/mol. The molecular weight excluding hydrogens is 202 g/mol. The number of nitrogens with one attached hydrogen (secondary N) is 1. The Bertz CT molecular complexity index is 135. The maximum atomic E-state index is 3.69. The van der Waals surface area contributed by atoms with Crippen LogP contribution in [0.2, 0.25) is 0 Å². The monoisotopic (exact) mass is 231 g/mol. The van der Waals surface area contributed by atoms with Crippen molar-refractivity contribution in [1.82, 2.24) is 5.32 Å². The van der Waals surface area contributed by atoms with Gasteiger partial charge in [0.2, 0.25) is 0 Å². The quantitative estimate of drug-likeness (QED) is 0.642. The summed E-state index contributed by atoms with van der Waals surface area (Å²) < 4.78 is 0.459. The van der Waals surface area contributed by atoms with E-state index < -0.39 is 0 Å². The average molecular weight is 231 g/mol. The Labute approximate surface area is 101 Å². The first-order valence-electron chi connectivity index (χ1n) is 6.42. The molecule has 0 aromatic heterocycles. The van der Waals surface area contributed by atoms with Crippen LogP contribution in [0.1, 0.15) is 59.8 Å². The van der Waals surface area contributed by atoms with Crippen LogP contribution in [0.15, 0.2) is 0 Å². The van der Waals surface area contributed by atoms with E-state index in [-0.39, 0.29) is 0 Å². The molecule has 0 saturated heterocycles. The van der Waals surface area contributed by atoms with Gasteiger partial charge in [-0.3, -0.25) is 0 Å². The minimum atomic E-state index is 0.459. The summed E-state index contributed by atoms with van der Waals surface area (Å²) in [6.45, 7) is 10.3. The fourth-order valence-corrected chi connectivity index (χ4v) is 2.64. The second-order valence-corrected chi connectivity index (χ2v) is 5.79. The van der Waals surface area contributed by atoms with Crippen LogP contribution in [0.3, 0.4) is 0 Å². The summed E-state index contributed by atoms with van der Waals surface area (Å²) in [5, 5.41) is 3.69. The van der Waals surface area contributed by atoms with Gasteiger partial charge in [0, 0.05) is 17.3 Å². The van der Waals surface area contributed by atoms with Crippen molar-refractivity contribution >= 4 is 11.8 Å². The number of unbranched alkanes of at least 4 members (excludes halogenated alkanes) is 1. The number of thioether (sulfide) groups is 1. The third kappa shape index (κ3) is 5.82. The second kappa shape index (κ2) is 8.46. The lowest BCUT2D eigenvalue weighted by molar-refractivity contribution is 0.431. The molecule has 0 aliphatic carbocycles. The zero-order valence-corrected chi connectivity index (χ0v) is 12.0. The molecule has 92 valence electrons. The van der Waals surface area contributed by atoms with Gasteiger partial charge in [-0.25, -0.2) is 0 Å². The number of hydrogen-bond donors (Lipinski definition) is 1. The van der Waals surface area contributed by atoms with Crippen LogP contribution in [0.5, 0.6) is 0 Å². The third-order valence-electron chi connectivity index (χ3n) is 3.49. The van der Waals surface area contributed by atoms with Gasteiger partial charge in [0.05, 0.1) is 0 Å². The molecule has 2 heteroatoms. The standard InChI is InChI=1S/C13H29NS/c1-6-9-10-12(4)14-11-13(7-2,8-3)15-5/h12,14H,6-11H2,1-5H3. The molecule has 1 atom stereocenters. The van der Waals surface area contributed by atoms with Crippen molar-refractivity contribution in [3.63, 3.8) is 0 Å². The Hall–Kier alpha value is 0.310. The summed E-state index contributed by atoms with van der Waals surface area (Å²) in [4.78, 5) is 0. The van der Waals surface area contributed by atoms with E-state index in [1.807, 2.05) is 11.8 Å². The number of rotatable bonds is 9. The molecule has 0 aliphatic rings. The van der Waals surface area contributed by atoms with E-state index in [9.17, 15) is 0 Å². The van der Waals surface area contributed by atoms with E-state index in [0.717, 1.165) is 6.54 Å². The summed E-state index contributed by atoms with van der Waals surface area (Å²) in [5.74, 6) is 0. The van der Waals surface area contributed by atoms with Gasteiger partial charge >= 0.3 is 0 Å².